The van der Waals surface area contributed by atoms with Gasteiger partial charge in [-0.1, -0.05) is 0 Å². The first-order chi connectivity index (χ1) is 9.18. The largest absolute Gasteiger partial charge is 0.433 e. The Bertz CT molecular complexity index is 449. The molecule has 0 aromatic carbocycles. The molecule has 0 aliphatic rings. The monoisotopic (exact) mass is 308 g/mol. The number of hydrogen-bond donors (Lipinski definition) is 2. The second-order valence-corrected chi connectivity index (χ2v) is 6.32. The summed E-state index contributed by atoms with van der Waals surface area (Å²) < 4.78 is 38.2. The molecule has 1 aromatic heterocycles. The first kappa shape index (κ1) is 16.9. The summed E-state index contributed by atoms with van der Waals surface area (Å²) in [5, 5.41) is 5.64. The fourth-order valence-corrected chi connectivity index (χ4v) is 1.51. The van der Waals surface area contributed by atoms with Gasteiger partial charge >= 0.3 is 6.18 Å². The number of alkyl halides is 3. The molecule has 0 saturated heterocycles. The summed E-state index contributed by atoms with van der Waals surface area (Å²) >= 11 is 1.63. The number of hydrogen-bond acceptors (Lipinski definition) is 5. The summed E-state index contributed by atoms with van der Waals surface area (Å²) in [6.07, 6.45) is -2.54. The minimum Gasteiger partial charge on any atom is -0.369 e. The molecule has 0 aliphatic carbocycles. The molecule has 20 heavy (non-hydrogen) atoms. The van der Waals surface area contributed by atoms with Gasteiger partial charge in [0.2, 0.25) is 5.95 Å². The summed E-state index contributed by atoms with van der Waals surface area (Å²) in [6.45, 7) is 6.74. The topological polar surface area (TPSA) is 49.8 Å². The third-order valence-corrected chi connectivity index (χ3v) is 3.85. The highest BCUT2D eigenvalue weighted by Gasteiger charge is 2.33. The first-order valence-electron chi connectivity index (χ1n) is 6.17. The zero-order chi connectivity index (χ0) is 15.4. The van der Waals surface area contributed by atoms with E-state index in [1.807, 2.05) is 20.1 Å². The number of rotatable bonds is 6. The lowest BCUT2D eigenvalue weighted by atomic mass is 10.2. The molecule has 0 unspecified atom stereocenters. The first-order valence-corrected chi connectivity index (χ1v) is 7.39. The maximum Gasteiger partial charge on any atom is 0.433 e. The van der Waals surface area contributed by atoms with E-state index in [-0.39, 0.29) is 16.5 Å². The molecule has 1 heterocycles. The van der Waals surface area contributed by atoms with Crippen LogP contribution in [0.15, 0.2) is 6.07 Å². The van der Waals surface area contributed by atoms with Gasteiger partial charge in [0.1, 0.15) is 5.82 Å². The fourth-order valence-electron chi connectivity index (χ4n) is 1.30. The Hall–Kier alpha value is -1.18. The molecule has 2 N–H and O–H groups in total. The van der Waals surface area contributed by atoms with Crippen LogP contribution in [-0.2, 0) is 6.18 Å². The van der Waals surface area contributed by atoms with Crippen LogP contribution in [0.2, 0.25) is 0 Å². The van der Waals surface area contributed by atoms with Gasteiger partial charge in [-0.3, -0.25) is 0 Å². The van der Waals surface area contributed by atoms with Gasteiger partial charge in [-0.05, 0) is 27.0 Å². The van der Waals surface area contributed by atoms with Crippen molar-refractivity contribution in [3.05, 3.63) is 11.8 Å². The highest BCUT2D eigenvalue weighted by Crippen LogP contribution is 2.30. The van der Waals surface area contributed by atoms with Gasteiger partial charge in [0.05, 0.1) is 0 Å². The lowest BCUT2D eigenvalue weighted by Gasteiger charge is -2.23. The molecule has 0 bridgehead atoms. The van der Waals surface area contributed by atoms with Crippen molar-refractivity contribution in [2.24, 2.45) is 0 Å². The van der Waals surface area contributed by atoms with Crippen molar-refractivity contribution in [1.82, 2.24) is 9.97 Å². The van der Waals surface area contributed by atoms with Gasteiger partial charge in [0.25, 0.3) is 0 Å². The normalized spacial score (nSPS) is 12.3. The number of halogens is 3. The third kappa shape index (κ3) is 5.07. The molecule has 114 valence electrons. The van der Waals surface area contributed by atoms with Crippen molar-refractivity contribution in [3.8, 4) is 0 Å². The standard InChI is InChI=1S/C12H19F3N4S/c1-5-16-10-18-8(12(13,14)15)6-9(19-10)17-7-11(2,3)20-4/h6H,5,7H2,1-4H3,(H2,16,17,18,19). The minimum atomic E-state index is -4.49. The maximum atomic E-state index is 12.8. The second-order valence-electron chi connectivity index (χ2n) is 4.81. The van der Waals surface area contributed by atoms with Gasteiger partial charge in [-0.15, -0.1) is 0 Å². The SMILES string of the molecule is CCNc1nc(NCC(C)(C)SC)cc(C(F)(F)F)n1. The van der Waals surface area contributed by atoms with E-state index in [4.69, 9.17) is 0 Å². The molecule has 1 aromatic rings. The van der Waals surface area contributed by atoms with Crippen LogP contribution in [0.25, 0.3) is 0 Å². The van der Waals surface area contributed by atoms with E-state index in [2.05, 4.69) is 20.6 Å². The van der Waals surface area contributed by atoms with Crippen LogP contribution in [0.4, 0.5) is 24.9 Å². The van der Waals surface area contributed by atoms with E-state index in [0.29, 0.717) is 13.1 Å². The lowest BCUT2D eigenvalue weighted by Crippen LogP contribution is -2.26. The van der Waals surface area contributed by atoms with Gasteiger partial charge < -0.3 is 10.6 Å². The summed E-state index contributed by atoms with van der Waals surface area (Å²) in [4.78, 5) is 7.50. The molecule has 0 saturated carbocycles. The Labute approximate surface area is 121 Å². The number of aromatic nitrogens is 2. The van der Waals surface area contributed by atoms with Crippen LogP contribution in [0, 0.1) is 0 Å². The highest BCUT2D eigenvalue weighted by atomic mass is 32.2. The fraction of sp³-hybridized carbons (Fsp3) is 0.667. The summed E-state index contributed by atoms with van der Waals surface area (Å²) in [6, 6.07) is 0.928. The van der Waals surface area contributed by atoms with E-state index in [1.54, 1.807) is 18.7 Å². The van der Waals surface area contributed by atoms with Crippen LogP contribution >= 0.6 is 11.8 Å². The molecule has 0 aliphatic heterocycles. The zero-order valence-corrected chi connectivity index (χ0v) is 12.7. The van der Waals surface area contributed by atoms with Crippen molar-refractivity contribution < 1.29 is 13.2 Å². The Kier molecular flexibility index (Phi) is 5.50. The van der Waals surface area contributed by atoms with Gasteiger partial charge in [-0.2, -0.15) is 29.9 Å². The van der Waals surface area contributed by atoms with Crippen molar-refractivity contribution >= 4 is 23.5 Å². The predicted octanol–water partition coefficient (Wildman–Crippen LogP) is 3.48. The van der Waals surface area contributed by atoms with E-state index in [0.717, 1.165) is 6.07 Å². The van der Waals surface area contributed by atoms with E-state index < -0.39 is 11.9 Å². The molecule has 0 atom stereocenters. The van der Waals surface area contributed by atoms with Crippen LogP contribution < -0.4 is 10.6 Å². The van der Waals surface area contributed by atoms with Crippen LogP contribution in [0.5, 0.6) is 0 Å². The molecule has 1 rings (SSSR count). The summed E-state index contributed by atoms with van der Waals surface area (Å²) in [5.74, 6) is 0.150. The average molecular weight is 308 g/mol. The minimum absolute atomic E-state index is 0.0215. The van der Waals surface area contributed by atoms with Crippen LogP contribution in [0.3, 0.4) is 0 Å². The average Bonchev–Trinajstić information content (AvgIpc) is 2.36. The summed E-state index contributed by atoms with van der Waals surface area (Å²) in [7, 11) is 0. The number of thioether (sulfide) groups is 1. The summed E-state index contributed by atoms with van der Waals surface area (Å²) in [5.41, 5.74) is -0.951. The van der Waals surface area contributed by atoms with E-state index in [1.165, 1.54) is 0 Å². The molecule has 0 amide bonds. The molecule has 0 spiro atoms. The predicted molar refractivity (Wildman–Crippen MR) is 77.3 cm³/mol. The van der Waals surface area contributed by atoms with Gasteiger partial charge in [0.15, 0.2) is 5.69 Å². The van der Waals surface area contributed by atoms with Crippen molar-refractivity contribution in [2.45, 2.75) is 31.7 Å². The number of nitrogens with one attached hydrogen (secondary N) is 2. The van der Waals surface area contributed by atoms with E-state index in [9.17, 15) is 13.2 Å². The Morgan fingerprint density at radius 1 is 1.20 bits per heavy atom. The maximum absolute atomic E-state index is 12.8. The zero-order valence-electron chi connectivity index (χ0n) is 11.9. The number of nitrogens with zero attached hydrogens (tertiary/aromatic N) is 2. The van der Waals surface area contributed by atoms with Gasteiger partial charge in [0, 0.05) is 23.9 Å². The van der Waals surface area contributed by atoms with Crippen molar-refractivity contribution in [3.63, 3.8) is 0 Å². The van der Waals surface area contributed by atoms with E-state index >= 15 is 0 Å². The smallest absolute Gasteiger partial charge is 0.369 e. The lowest BCUT2D eigenvalue weighted by molar-refractivity contribution is -0.141. The van der Waals surface area contributed by atoms with Crippen LogP contribution in [0.1, 0.15) is 26.5 Å². The highest BCUT2D eigenvalue weighted by molar-refractivity contribution is 7.99. The van der Waals surface area contributed by atoms with Crippen molar-refractivity contribution in [1.29, 1.82) is 0 Å². The Balaban J connectivity index is 2.97. The Morgan fingerprint density at radius 2 is 1.85 bits per heavy atom. The molecule has 0 fully saturated rings. The van der Waals surface area contributed by atoms with Crippen LogP contribution in [-0.4, -0.2) is 34.1 Å². The Morgan fingerprint density at radius 3 is 2.35 bits per heavy atom. The molecule has 0 radical (unpaired) electrons. The third-order valence-electron chi connectivity index (χ3n) is 2.60. The van der Waals surface area contributed by atoms with Gasteiger partial charge in [-0.25, -0.2) is 4.98 Å². The molecule has 8 heteroatoms. The van der Waals surface area contributed by atoms with Crippen molar-refractivity contribution in [2.75, 3.05) is 30.0 Å². The quantitative estimate of drug-likeness (QED) is 0.842. The molecular weight excluding hydrogens is 289 g/mol. The molecule has 4 nitrogen and oxygen atoms in total. The second kappa shape index (κ2) is 6.51. The molecular formula is C12H19F3N4S. The number of anilines is 2.